The molecule has 1 aromatic rings. The van der Waals surface area contributed by atoms with Crippen LogP contribution >= 0.6 is 11.6 Å². The van der Waals surface area contributed by atoms with Gasteiger partial charge in [0, 0.05) is 11.1 Å². The quantitative estimate of drug-likeness (QED) is 0.722. The van der Waals surface area contributed by atoms with Gasteiger partial charge in [0.1, 0.15) is 0 Å². The zero-order chi connectivity index (χ0) is 9.84. The standard InChI is InChI=1S/C10H10ClNO/c1-7-6-9(11)4-2-8(7)3-5-10(12)13/h2-6H,1H3,(H2,12,13)/b5-3-. The van der Waals surface area contributed by atoms with Gasteiger partial charge in [-0.15, -0.1) is 0 Å². The molecule has 0 aromatic heterocycles. The van der Waals surface area contributed by atoms with Crippen LogP contribution in [0.5, 0.6) is 0 Å². The molecule has 0 unspecified atom stereocenters. The van der Waals surface area contributed by atoms with Gasteiger partial charge in [-0.2, -0.15) is 0 Å². The summed E-state index contributed by atoms with van der Waals surface area (Å²) in [5, 5.41) is 0.689. The lowest BCUT2D eigenvalue weighted by molar-refractivity contribution is -0.113. The highest BCUT2D eigenvalue weighted by Gasteiger charge is 1.95. The lowest BCUT2D eigenvalue weighted by Crippen LogP contribution is -2.05. The van der Waals surface area contributed by atoms with Gasteiger partial charge in [0.2, 0.25) is 5.91 Å². The molecule has 1 amide bonds. The number of nitrogens with two attached hydrogens (primary N) is 1. The highest BCUT2D eigenvalue weighted by atomic mass is 35.5. The van der Waals surface area contributed by atoms with Crippen LogP contribution in [0, 0.1) is 6.92 Å². The van der Waals surface area contributed by atoms with E-state index in [-0.39, 0.29) is 0 Å². The minimum absolute atomic E-state index is 0.450. The van der Waals surface area contributed by atoms with Crippen LogP contribution in [0.4, 0.5) is 0 Å². The van der Waals surface area contributed by atoms with E-state index in [0.717, 1.165) is 11.1 Å². The minimum Gasteiger partial charge on any atom is -0.366 e. The number of aryl methyl sites for hydroxylation is 1. The fraction of sp³-hybridized carbons (Fsp3) is 0.100. The molecule has 0 bridgehead atoms. The number of carbonyl (C=O) groups excluding carboxylic acids is 1. The van der Waals surface area contributed by atoms with Crippen molar-refractivity contribution >= 4 is 23.6 Å². The van der Waals surface area contributed by atoms with Crippen LogP contribution in [0.3, 0.4) is 0 Å². The first-order chi connectivity index (χ1) is 6.09. The Hall–Kier alpha value is -1.28. The van der Waals surface area contributed by atoms with Gasteiger partial charge in [0.25, 0.3) is 0 Å². The molecule has 0 aliphatic carbocycles. The van der Waals surface area contributed by atoms with E-state index in [4.69, 9.17) is 17.3 Å². The number of primary amides is 1. The van der Waals surface area contributed by atoms with Crippen LogP contribution in [-0.2, 0) is 4.79 Å². The third kappa shape index (κ3) is 2.92. The molecule has 0 aliphatic heterocycles. The Morgan fingerprint density at radius 1 is 1.54 bits per heavy atom. The molecule has 0 saturated carbocycles. The van der Waals surface area contributed by atoms with Crippen molar-refractivity contribution in [1.82, 2.24) is 0 Å². The smallest absolute Gasteiger partial charge is 0.241 e. The van der Waals surface area contributed by atoms with Crippen molar-refractivity contribution in [2.75, 3.05) is 0 Å². The number of amides is 1. The number of carbonyl (C=O) groups is 1. The van der Waals surface area contributed by atoms with Crippen molar-refractivity contribution in [1.29, 1.82) is 0 Å². The Morgan fingerprint density at radius 2 is 2.23 bits per heavy atom. The number of benzene rings is 1. The zero-order valence-electron chi connectivity index (χ0n) is 7.25. The van der Waals surface area contributed by atoms with Gasteiger partial charge in [0.05, 0.1) is 0 Å². The molecule has 1 aromatic carbocycles. The van der Waals surface area contributed by atoms with Crippen molar-refractivity contribution in [2.24, 2.45) is 5.73 Å². The highest BCUT2D eigenvalue weighted by Crippen LogP contribution is 2.16. The highest BCUT2D eigenvalue weighted by molar-refractivity contribution is 6.30. The fourth-order valence-electron chi connectivity index (χ4n) is 0.998. The summed E-state index contributed by atoms with van der Waals surface area (Å²) in [4.78, 5) is 10.5. The summed E-state index contributed by atoms with van der Waals surface area (Å²) >= 11 is 5.76. The predicted molar refractivity (Wildman–Crippen MR) is 54.4 cm³/mol. The molecule has 0 heterocycles. The van der Waals surface area contributed by atoms with E-state index in [0.29, 0.717) is 5.02 Å². The second kappa shape index (κ2) is 4.10. The van der Waals surface area contributed by atoms with Crippen molar-refractivity contribution in [3.63, 3.8) is 0 Å². The maximum atomic E-state index is 10.5. The average Bonchev–Trinajstić information content (AvgIpc) is 2.02. The van der Waals surface area contributed by atoms with E-state index in [1.807, 2.05) is 19.1 Å². The Labute approximate surface area is 82.0 Å². The molecule has 13 heavy (non-hydrogen) atoms. The summed E-state index contributed by atoms with van der Waals surface area (Å²) in [6, 6.07) is 5.45. The van der Waals surface area contributed by atoms with Crippen molar-refractivity contribution in [3.8, 4) is 0 Å². The van der Waals surface area contributed by atoms with Gasteiger partial charge in [-0.25, -0.2) is 0 Å². The van der Waals surface area contributed by atoms with E-state index in [1.165, 1.54) is 6.08 Å². The lowest BCUT2D eigenvalue weighted by Gasteiger charge is -1.99. The number of rotatable bonds is 2. The Bertz CT molecular complexity index is 358. The van der Waals surface area contributed by atoms with E-state index < -0.39 is 5.91 Å². The summed E-state index contributed by atoms with van der Waals surface area (Å²) in [5.41, 5.74) is 6.93. The molecule has 0 aliphatic rings. The normalized spacial score (nSPS) is 10.6. The number of hydrogen-bond donors (Lipinski definition) is 1. The van der Waals surface area contributed by atoms with Crippen molar-refractivity contribution in [3.05, 3.63) is 40.4 Å². The van der Waals surface area contributed by atoms with Crippen LogP contribution in [0.25, 0.3) is 6.08 Å². The third-order valence-corrected chi connectivity index (χ3v) is 1.89. The molecule has 0 saturated heterocycles. The van der Waals surface area contributed by atoms with E-state index in [2.05, 4.69) is 0 Å². The molecular formula is C10H10ClNO. The predicted octanol–water partition coefficient (Wildman–Crippen LogP) is 2.15. The number of hydrogen-bond acceptors (Lipinski definition) is 1. The van der Waals surface area contributed by atoms with Gasteiger partial charge >= 0.3 is 0 Å². The first-order valence-corrected chi connectivity index (χ1v) is 4.21. The molecule has 2 N–H and O–H groups in total. The summed E-state index contributed by atoms with van der Waals surface area (Å²) < 4.78 is 0. The average molecular weight is 196 g/mol. The first kappa shape index (κ1) is 9.81. The minimum atomic E-state index is -0.450. The summed E-state index contributed by atoms with van der Waals surface area (Å²) in [6.45, 7) is 1.92. The van der Waals surface area contributed by atoms with Crippen LogP contribution in [0.1, 0.15) is 11.1 Å². The maximum absolute atomic E-state index is 10.5. The first-order valence-electron chi connectivity index (χ1n) is 3.83. The lowest BCUT2D eigenvalue weighted by atomic mass is 10.1. The maximum Gasteiger partial charge on any atom is 0.241 e. The van der Waals surface area contributed by atoms with Crippen molar-refractivity contribution < 1.29 is 4.79 Å². The van der Waals surface area contributed by atoms with E-state index >= 15 is 0 Å². The van der Waals surface area contributed by atoms with Gasteiger partial charge in [0.15, 0.2) is 0 Å². The van der Waals surface area contributed by atoms with Gasteiger partial charge in [-0.3, -0.25) is 4.79 Å². The molecule has 0 radical (unpaired) electrons. The molecule has 0 spiro atoms. The Kier molecular flexibility index (Phi) is 3.09. The molecule has 0 fully saturated rings. The molecule has 0 atom stereocenters. The van der Waals surface area contributed by atoms with Crippen LogP contribution in [-0.4, -0.2) is 5.91 Å². The summed E-state index contributed by atoms with van der Waals surface area (Å²) in [6.07, 6.45) is 3.00. The monoisotopic (exact) mass is 195 g/mol. The topological polar surface area (TPSA) is 43.1 Å². The zero-order valence-corrected chi connectivity index (χ0v) is 8.01. The molecule has 68 valence electrons. The van der Waals surface area contributed by atoms with Crippen LogP contribution < -0.4 is 5.73 Å². The van der Waals surface area contributed by atoms with Gasteiger partial charge in [-0.05, 0) is 36.3 Å². The van der Waals surface area contributed by atoms with E-state index in [1.54, 1.807) is 12.1 Å². The fourth-order valence-corrected chi connectivity index (χ4v) is 1.22. The Morgan fingerprint density at radius 3 is 2.77 bits per heavy atom. The second-order valence-electron chi connectivity index (χ2n) is 2.74. The molecule has 1 rings (SSSR count). The molecular weight excluding hydrogens is 186 g/mol. The number of halogens is 1. The third-order valence-electron chi connectivity index (χ3n) is 1.66. The summed E-state index contributed by atoms with van der Waals surface area (Å²) in [7, 11) is 0. The second-order valence-corrected chi connectivity index (χ2v) is 3.17. The Balaban J connectivity index is 2.96. The molecule has 3 heteroatoms. The largest absolute Gasteiger partial charge is 0.366 e. The summed E-state index contributed by atoms with van der Waals surface area (Å²) in [5.74, 6) is -0.450. The molecule has 2 nitrogen and oxygen atoms in total. The van der Waals surface area contributed by atoms with Crippen LogP contribution in [0.15, 0.2) is 24.3 Å². The van der Waals surface area contributed by atoms with E-state index in [9.17, 15) is 4.79 Å². The SMILES string of the molecule is Cc1cc(Cl)ccc1/C=C\C(N)=O. The van der Waals surface area contributed by atoms with Gasteiger partial charge < -0.3 is 5.73 Å². The van der Waals surface area contributed by atoms with Crippen molar-refractivity contribution in [2.45, 2.75) is 6.92 Å². The van der Waals surface area contributed by atoms with Crippen LogP contribution in [0.2, 0.25) is 5.02 Å². The van der Waals surface area contributed by atoms with Gasteiger partial charge in [-0.1, -0.05) is 17.7 Å².